The first-order chi connectivity index (χ1) is 33.6. The van der Waals surface area contributed by atoms with Crippen molar-refractivity contribution in [2.45, 2.75) is 37.3 Å². The zero-order valence-electron chi connectivity index (χ0n) is 38.6. The number of halogens is 4. The van der Waals surface area contributed by atoms with Crippen LogP contribution in [0.2, 0.25) is 20.1 Å². The fourth-order valence-electron chi connectivity index (χ4n) is 7.82. The van der Waals surface area contributed by atoms with Crippen LogP contribution in [-0.4, -0.2) is 137 Å². The minimum atomic E-state index is -0.401. The summed E-state index contributed by atoms with van der Waals surface area (Å²) in [5, 5.41) is 12.7. The van der Waals surface area contributed by atoms with Crippen LogP contribution in [0.1, 0.15) is 11.1 Å². The minimum Gasteiger partial charge on any atom is -0.495 e. The number of nitrogens with one attached hydrogen (secondary N) is 4. The standard InChI is InChI=1S/2C22H24Cl2N6O5/c2*1-5-16(31)26-12-9-35-10-13(12)27-21-25-7-11-8-30(22(32)29(2)20(11)28-21)19-17(23)14(33-3)6-15(34-4)18(19)24/h2*5-7,12-13H,1,8-10H2,2-4H3,(H,26,31)(H,25,27,28)/t2*12-,13+/m10/s1. The second-order valence-corrected chi connectivity index (χ2v) is 17.2. The summed E-state index contributed by atoms with van der Waals surface area (Å²) >= 11 is 26.1. The van der Waals surface area contributed by atoms with E-state index in [1.807, 2.05) is 0 Å². The molecule has 8 rings (SSSR count). The van der Waals surface area contributed by atoms with Crippen molar-refractivity contribution in [1.82, 2.24) is 30.6 Å². The third kappa shape index (κ3) is 10.3. The highest BCUT2D eigenvalue weighted by Crippen LogP contribution is 2.49. The van der Waals surface area contributed by atoms with Gasteiger partial charge >= 0.3 is 12.1 Å². The molecule has 22 nitrogen and oxygen atoms in total. The second kappa shape index (κ2) is 22.0. The number of amides is 6. The number of ether oxygens (including phenoxy) is 6. The number of carbonyl (C=O) groups excluding carboxylic acids is 4. The lowest BCUT2D eigenvalue weighted by Crippen LogP contribution is -2.47. The van der Waals surface area contributed by atoms with Gasteiger partial charge in [-0.05, 0) is 12.2 Å². The molecule has 372 valence electrons. The molecule has 4 N–H and O–H groups in total. The van der Waals surface area contributed by atoms with E-state index in [0.717, 1.165) is 0 Å². The topological polar surface area (TPSA) is 236 Å². The first-order valence-electron chi connectivity index (χ1n) is 21.1. The molecule has 4 atom stereocenters. The lowest BCUT2D eigenvalue weighted by atomic mass is 10.1. The summed E-state index contributed by atoms with van der Waals surface area (Å²) in [6.45, 7) is 8.59. The molecule has 2 aromatic heterocycles. The van der Waals surface area contributed by atoms with Gasteiger partial charge in [0.15, 0.2) is 0 Å². The fourth-order valence-corrected chi connectivity index (χ4v) is 9.23. The summed E-state index contributed by atoms with van der Waals surface area (Å²) in [5.41, 5.74) is 1.87. The van der Waals surface area contributed by atoms with Crippen LogP contribution in [0.3, 0.4) is 0 Å². The van der Waals surface area contributed by atoms with Gasteiger partial charge in [-0.3, -0.25) is 29.2 Å². The van der Waals surface area contributed by atoms with Crippen LogP contribution in [-0.2, 0) is 32.2 Å². The van der Waals surface area contributed by atoms with Crippen molar-refractivity contribution in [3.8, 4) is 23.0 Å². The number of fused-ring (bicyclic) bond motifs is 2. The Kier molecular flexibility index (Phi) is 16.1. The van der Waals surface area contributed by atoms with E-state index in [4.69, 9.17) is 74.8 Å². The summed E-state index contributed by atoms with van der Waals surface area (Å²) < 4.78 is 32.3. The van der Waals surface area contributed by atoms with Crippen molar-refractivity contribution in [3.05, 3.63) is 81.1 Å². The van der Waals surface area contributed by atoms with Crippen molar-refractivity contribution in [3.63, 3.8) is 0 Å². The van der Waals surface area contributed by atoms with Gasteiger partial charge in [0.05, 0.1) is 103 Å². The van der Waals surface area contributed by atoms with Crippen molar-refractivity contribution in [2.24, 2.45) is 0 Å². The van der Waals surface area contributed by atoms with Gasteiger partial charge in [0.2, 0.25) is 23.7 Å². The molecule has 4 aliphatic rings. The molecule has 0 radical (unpaired) electrons. The first-order valence-corrected chi connectivity index (χ1v) is 22.6. The summed E-state index contributed by atoms with van der Waals surface area (Å²) in [5.74, 6) is 2.12. The number of anilines is 6. The van der Waals surface area contributed by atoms with Crippen LogP contribution in [0.5, 0.6) is 23.0 Å². The van der Waals surface area contributed by atoms with E-state index in [2.05, 4.69) is 54.4 Å². The Hall–Kier alpha value is -6.56. The molecular weight excluding hydrogens is 998 g/mol. The molecule has 2 fully saturated rings. The minimum absolute atomic E-state index is 0.124. The van der Waals surface area contributed by atoms with Crippen LogP contribution in [0, 0.1) is 0 Å². The molecule has 0 spiro atoms. The number of methoxy groups -OCH3 is 4. The van der Waals surface area contributed by atoms with Crippen LogP contribution in [0.25, 0.3) is 0 Å². The molecule has 0 aliphatic carbocycles. The van der Waals surface area contributed by atoms with Crippen LogP contribution < -0.4 is 59.8 Å². The van der Waals surface area contributed by atoms with Gasteiger partial charge in [-0.25, -0.2) is 19.6 Å². The Morgan fingerprint density at radius 2 is 0.943 bits per heavy atom. The maximum atomic E-state index is 13.3. The molecule has 4 aromatic rings. The maximum absolute atomic E-state index is 13.3. The van der Waals surface area contributed by atoms with Gasteiger partial charge in [0.25, 0.3) is 0 Å². The van der Waals surface area contributed by atoms with E-state index < -0.39 is 12.1 Å². The zero-order chi connectivity index (χ0) is 50.6. The first kappa shape index (κ1) is 51.3. The number of hydrogen-bond donors (Lipinski definition) is 4. The van der Waals surface area contributed by atoms with Crippen LogP contribution in [0.15, 0.2) is 49.8 Å². The highest BCUT2D eigenvalue weighted by atomic mass is 35.5. The second-order valence-electron chi connectivity index (χ2n) is 15.7. The maximum Gasteiger partial charge on any atom is 0.330 e. The number of rotatable bonds is 14. The van der Waals surface area contributed by atoms with Gasteiger partial charge in [-0.1, -0.05) is 59.6 Å². The monoisotopic (exact) mass is 1040 g/mol. The summed E-state index contributed by atoms with van der Waals surface area (Å²) in [6, 6.07) is 1.25. The average molecular weight is 1050 g/mol. The Labute approximate surface area is 422 Å². The van der Waals surface area contributed by atoms with Crippen molar-refractivity contribution < 1.29 is 47.6 Å². The normalized spacial score (nSPS) is 19.3. The van der Waals surface area contributed by atoms with E-state index in [0.29, 0.717) is 84.1 Å². The molecular formula is C44H48Cl4N12O10. The van der Waals surface area contributed by atoms with Gasteiger partial charge in [-0.15, -0.1) is 0 Å². The summed E-state index contributed by atoms with van der Waals surface area (Å²) in [6.07, 6.45) is 5.64. The number of hydrogen-bond acceptors (Lipinski definition) is 16. The van der Waals surface area contributed by atoms with Crippen molar-refractivity contribution in [2.75, 3.05) is 99.2 Å². The third-order valence-corrected chi connectivity index (χ3v) is 12.9. The molecule has 0 bridgehead atoms. The number of carbonyl (C=O) groups is 4. The molecule has 6 heterocycles. The molecule has 70 heavy (non-hydrogen) atoms. The molecule has 2 saturated heterocycles. The fraction of sp³-hybridized carbons (Fsp3) is 0.364. The Morgan fingerprint density at radius 3 is 1.26 bits per heavy atom. The Bertz CT molecular complexity index is 2480. The van der Waals surface area contributed by atoms with E-state index in [1.54, 1.807) is 38.6 Å². The molecule has 6 amide bonds. The van der Waals surface area contributed by atoms with Crippen LogP contribution in [0.4, 0.5) is 44.5 Å². The van der Waals surface area contributed by atoms with Gasteiger partial charge in [0.1, 0.15) is 54.7 Å². The number of benzene rings is 2. The predicted octanol–water partition coefficient (Wildman–Crippen LogP) is 5.72. The van der Waals surface area contributed by atoms with Gasteiger partial charge < -0.3 is 49.7 Å². The Balaban J connectivity index is 0.000000206. The predicted molar refractivity (Wildman–Crippen MR) is 264 cm³/mol. The zero-order valence-corrected chi connectivity index (χ0v) is 41.6. The van der Waals surface area contributed by atoms with Gasteiger partial charge in [-0.2, -0.15) is 9.97 Å². The number of nitrogens with zero attached hydrogens (tertiary/aromatic N) is 8. The lowest BCUT2D eigenvalue weighted by Gasteiger charge is -2.35. The van der Waals surface area contributed by atoms with Gasteiger partial charge in [0, 0.05) is 49.7 Å². The highest BCUT2D eigenvalue weighted by molar-refractivity contribution is 6.43. The molecule has 26 heteroatoms. The van der Waals surface area contributed by atoms with E-state index in [1.165, 1.54) is 60.2 Å². The third-order valence-electron chi connectivity index (χ3n) is 11.5. The SMILES string of the molecule is C=CC(=O)N[C@@H]1COC[C@@H]1Nc1ncc2c(n1)N(C)C(=O)N(c1c(Cl)c(OC)cc(OC)c1Cl)C2.C=CC(=O)N[C@H]1COC[C@H]1Nc1ncc2c(n1)N(C)C(=O)N(c1c(Cl)c(OC)cc(OC)c1Cl)C2. The Morgan fingerprint density at radius 1 is 0.614 bits per heavy atom. The van der Waals surface area contributed by atoms with E-state index >= 15 is 0 Å². The average Bonchev–Trinajstić information content (AvgIpc) is 4.00. The number of aromatic nitrogens is 4. The summed E-state index contributed by atoms with van der Waals surface area (Å²) in [7, 11) is 9.03. The number of urea groups is 2. The van der Waals surface area contributed by atoms with Crippen molar-refractivity contribution in [1.29, 1.82) is 0 Å². The molecule has 2 aromatic carbocycles. The highest BCUT2D eigenvalue weighted by Gasteiger charge is 2.38. The summed E-state index contributed by atoms with van der Waals surface area (Å²) in [4.78, 5) is 73.5. The van der Waals surface area contributed by atoms with Crippen molar-refractivity contribution >= 4 is 105 Å². The molecule has 0 unspecified atom stereocenters. The van der Waals surface area contributed by atoms with Crippen LogP contribution >= 0.6 is 46.4 Å². The largest absolute Gasteiger partial charge is 0.495 e. The molecule has 4 aliphatic heterocycles. The lowest BCUT2D eigenvalue weighted by molar-refractivity contribution is -0.118. The quantitative estimate of drug-likeness (QED) is 0.111. The van der Waals surface area contributed by atoms with E-state index in [9.17, 15) is 19.2 Å². The van der Waals surface area contributed by atoms with E-state index in [-0.39, 0.29) is 80.5 Å². The molecule has 0 saturated carbocycles. The smallest absolute Gasteiger partial charge is 0.330 e.